The lowest BCUT2D eigenvalue weighted by molar-refractivity contribution is 0.746. The van der Waals surface area contributed by atoms with Crippen molar-refractivity contribution in [1.82, 2.24) is 14.9 Å². The van der Waals surface area contributed by atoms with Crippen LogP contribution in [-0.4, -0.2) is 9.55 Å². The number of rotatable bonds is 4. The number of fused-ring (bicyclic) bond motifs is 5. The summed E-state index contributed by atoms with van der Waals surface area (Å²) in [4.78, 5) is 4.37. The topological polar surface area (TPSA) is 29.9 Å². The lowest BCUT2D eigenvalue weighted by Crippen LogP contribution is -2.14. The van der Waals surface area contributed by atoms with E-state index in [1.807, 2.05) is 30.7 Å². The van der Waals surface area contributed by atoms with Gasteiger partial charge < -0.3 is 9.88 Å². The molecule has 1 aliphatic heterocycles. The van der Waals surface area contributed by atoms with Gasteiger partial charge in [0, 0.05) is 34.4 Å². The van der Waals surface area contributed by atoms with E-state index < -0.39 is 0 Å². The highest BCUT2D eigenvalue weighted by Crippen LogP contribution is 2.42. The fraction of sp³-hybridized carbons (Fsp3) is 0.0263. The van der Waals surface area contributed by atoms with Gasteiger partial charge in [0.2, 0.25) is 0 Å². The standard InChI is InChI=1S/C38H27N3/c1-2-10-30(11-3-1)41-36-23-28(29-9-8-21-39-25-29)19-20-33(36)38-32-13-5-4-12-31(32)34(24-37(38)41)26-15-17-27(18-16-26)35-14-6-7-22-40-35/h1-25,35,40H. The highest BCUT2D eigenvalue weighted by atomic mass is 15.0. The number of aromatic nitrogens is 2. The first-order chi connectivity index (χ1) is 20.3. The Bertz CT molecular complexity index is 2100. The zero-order chi connectivity index (χ0) is 27.2. The number of para-hydroxylation sites is 1. The predicted octanol–water partition coefficient (Wildman–Crippen LogP) is 9.38. The van der Waals surface area contributed by atoms with Crippen LogP contribution in [0.15, 0.2) is 152 Å². The molecular formula is C38H27N3. The van der Waals surface area contributed by atoms with Crippen LogP contribution in [0.25, 0.3) is 60.5 Å². The summed E-state index contributed by atoms with van der Waals surface area (Å²) >= 11 is 0. The van der Waals surface area contributed by atoms with Crippen LogP contribution in [0.3, 0.4) is 0 Å². The van der Waals surface area contributed by atoms with Crippen LogP contribution in [0.2, 0.25) is 0 Å². The molecule has 3 nitrogen and oxygen atoms in total. The van der Waals surface area contributed by atoms with Gasteiger partial charge in [-0.15, -0.1) is 0 Å². The van der Waals surface area contributed by atoms with Crippen molar-refractivity contribution in [3.63, 3.8) is 0 Å². The minimum Gasteiger partial charge on any atom is -0.381 e. The van der Waals surface area contributed by atoms with Crippen molar-refractivity contribution in [2.24, 2.45) is 0 Å². The van der Waals surface area contributed by atoms with Gasteiger partial charge in [0.15, 0.2) is 0 Å². The molecule has 0 fully saturated rings. The molecule has 41 heavy (non-hydrogen) atoms. The van der Waals surface area contributed by atoms with Crippen LogP contribution >= 0.6 is 0 Å². The van der Waals surface area contributed by atoms with Crippen LogP contribution in [0, 0.1) is 0 Å². The molecule has 8 rings (SSSR count). The monoisotopic (exact) mass is 525 g/mol. The summed E-state index contributed by atoms with van der Waals surface area (Å²) in [5.41, 5.74) is 9.51. The van der Waals surface area contributed by atoms with Gasteiger partial charge in [-0.1, -0.05) is 97.1 Å². The minimum atomic E-state index is 0.197. The number of dihydropyridines is 1. The summed E-state index contributed by atoms with van der Waals surface area (Å²) in [5.74, 6) is 0. The Morgan fingerprint density at radius 1 is 0.610 bits per heavy atom. The molecule has 3 heterocycles. The van der Waals surface area contributed by atoms with Gasteiger partial charge in [0.1, 0.15) is 0 Å². The van der Waals surface area contributed by atoms with Crippen LogP contribution < -0.4 is 5.32 Å². The third-order valence-corrected chi connectivity index (χ3v) is 8.15. The zero-order valence-electron chi connectivity index (χ0n) is 22.4. The van der Waals surface area contributed by atoms with Crippen molar-refractivity contribution in [2.75, 3.05) is 0 Å². The van der Waals surface area contributed by atoms with Gasteiger partial charge in [0.25, 0.3) is 0 Å². The van der Waals surface area contributed by atoms with E-state index >= 15 is 0 Å². The SMILES string of the molecule is C1=CNC(c2ccc(-c3cc4c(c5ccccc35)c3ccc(-c5cccnc5)cc3n4-c3ccccc3)cc2)C=C1. The lowest BCUT2D eigenvalue weighted by Gasteiger charge is -2.17. The third-order valence-electron chi connectivity index (χ3n) is 8.15. The molecule has 2 aromatic heterocycles. The summed E-state index contributed by atoms with van der Waals surface area (Å²) in [7, 11) is 0. The van der Waals surface area contributed by atoms with Gasteiger partial charge in [-0.05, 0) is 75.6 Å². The van der Waals surface area contributed by atoms with E-state index in [0.29, 0.717) is 0 Å². The number of benzene rings is 5. The fourth-order valence-electron chi connectivity index (χ4n) is 6.21. The Morgan fingerprint density at radius 2 is 1.41 bits per heavy atom. The summed E-state index contributed by atoms with van der Waals surface area (Å²) in [6.07, 6.45) is 12.1. The predicted molar refractivity (Wildman–Crippen MR) is 171 cm³/mol. The Kier molecular flexibility index (Phi) is 5.53. The van der Waals surface area contributed by atoms with Gasteiger partial charge in [-0.25, -0.2) is 0 Å². The van der Waals surface area contributed by atoms with E-state index in [1.54, 1.807) is 0 Å². The Balaban J connectivity index is 1.41. The normalized spacial score (nSPS) is 14.6. The second-order valence-electron chi connectivity index (χ2n) is 10.5. The summed E-state index contributed by atoms with van der Waals surface area (Å²) in [5, 5.41) is 8.48. The van der Waals surface area contributed by atoms with Crippen molar-refractivity contribution in [2.45, 2.75) is 6.04 Å². The van der Waals surface area contributed by atoms with Crippen LogP contribution in [0.1, 0.15) is 11.6 Å². The first-order valence-corrected chi connectivity index (χ1v) is 14.0. The molecule has 0 radical (unpaired) electrons. The molecule has 1 atom stereocenters. The molecule has 1 aliphatic rings. The highest BCUT2D eigenvalue weighted by Gasteiger charge is 2.19. The number of nitrogens with one attached hydrogen (secondary N) is 1. The van der Waals surface area contributed by atoms with E-state index in [0.717, 1.165) is 16.8 Å². The average molecular weight is 526 g/mol. The van der Waals surface area contributed by atoms with Crippen molar-refractivity contribution in [1.29, 1.82) is 0 Å². The summed E-state index contributed by atoms with van der Waals surface area (Å²) in [6.45, 7) is 0. The van der Waals surface area contributed by atoms with Crippen LogP contribution in [0.4, 0.5) is 0 Å². The summed E-state index contributed by atoms with van der Waals surface area (Å²) in [6, 6.07) is 42.0. The molecule has 0 bridgehead atoms. The first-order valence-electron chi connectivity index (χ1n) is 14.0. The largest absolute Gasteiger partial charge is 0.381 e. The maximum absolute atomic E-state index is 4.37. The van der Waals surface area contributed by atoms with Gasteiger partial charge in [-0.2, -0.15) is 0 Å². The van der Waals surface area contributed by atoms with Crippen molar-refractivity contribution < 1.29 is 0 Å². The third kappa shape index (κ3) is 3.94. The molecule has 7 aromatic rings. The molecule has 0 amide bonds. The van der Waals surface area contributed by atoms with Crippen LogP contribution in [0.5, 0.6) is 0 Å². The number of hydrogen-bond acceptors (Lipinski definition) is 2. The van der Waals surface area contributed by atoms with Gasteiger partial charge >= 0.3 is 0 Å². The fourth-order valence-corrected chi connectivity index (χ4v) is 6.21. The second-order valence-corrected chi connectivity index (χ2v) is 10.5. The van der Waals surface area contributed by atoms with E-state index in [4.69, 9.17) is 0 Å². The molecule has 194 valence electrons. The highest BCUT2D eigenvalue weighted by molar-refractivity contribution is 6.24. The minimum absolute atomic E-state index is 0.197. The number of nitrogens with zero attached hydrogens (tertiary/aromatic N) is 2. The quantitative estimate of drug-likeness (QED) is 0.248. The smallest absolute Gasteiger partial charge is 0.0695 e. The molecule has 5 aromatic carbocycles. The van der Waals surface area contributed by atoms with E-state index in [-0.39, 0.29) is 6.04 Å². The number of pyridine rings is 1. The van der Waals surface area contributed by atoms with Crippen molar-refractivity contribution in [3.05, 3.63) is 158 Å². The molecule has 1 unspecified atom stereocenters. The molecular weight excluding hydrogens is 498 g/mol. The first kappa shape index (κ1) is 23.5. The van der Waals surface area contributed by atoms with Crippen molar-refractivity contribution in [3.8, 4) is 27.9 Å². The second kappa shape index (κ2) is 9.65. The molecule has 3 heteroatoms. The van der Waals surface area contributed by atoms with E-state index in [9.17, 15) is 0 Å². The lowest BCUT2D eigenvalue weighted by atomic mass is 9.93. The Labute approximate surface area is 238 Å². The van der Waals surface area contributed by atoms with Crippen LogP contribution in [-0.2, 0) is 0 Å². The molecule has 0 saturated carbocycles. The van der Waals surface area contributed by atoms with Gasteiger partial charge in [-0.3, -0.25) is 4.98 Å². The zero-order valence-corrected chi connectivity index (χ0v) is 22.4. The molecule has 0 spiro atoms. The molecule has 1 N–H and O–H groups in total. The Morgan fingerprint density at radius 3 is 2.20 bits per heavy atom. The van der Waals surface area contributed by atoms with E-state index in [1.165, 1.54) is 49.3 Å². The van der Waals surface area contributed by atoms with Crippen molar-refractivity contribution >= 4 is 32.6 Å². The Hall–Kier alpha value is -5.41. The van der Waals surface area contributed by atoms with Gasteiger partial charge in [0.05, 0.1) is 17.1 Å². The number of hydrogen-bond donors (Lipinski definition) is 1. The average Bonchev–Trinajstić information content (AvgIpc) is 3.39. The summed E-state index contributed by atoms with van der Waals surface area (Å²) < 4.78 is 2.41. The van der Waals surface area contributed by atoms with E-state index in [2.05, 4.69) is 136 Å². The molecule has 0 saturated heterocycles. The maximum Gasteiger partial charge on any atom is 0.0695 e. The maximum atomic E-state index is 4.37. The molecule has 0 aliphatic carbocycles. The number of allylic oxidation sites excluding steroid dienone is 2.